The monoisotopic (exact) mass is 718 g/mol. The molecule has 4 heterocycles. The molecule has 15 nitrogen and oxygen atoms in total. The Bertz CT molecular complexity index is 1550. The Morgan fingerprint density at radius 3 is 2.49 bits per heavy atom. The van der Waals surface area contributed by atoms with E-state index in [-0.39, 0.29) is 18.5 Å². The number of methoxy groups -OCH3 is 1. The van der Waals surface area contributed by atoms with Crippen LogP contribution in [0.15, 0.2) is 43.1 Å². The highest BCUT2D eigenvalue weighted by Gasteiger charge is 2.29. The zero-order valence-electron chi connectivity index (χ0n) is 27.8. The van der Waals surface area contributed by atoms with Gasteiger partial charge in [0.25, 0.3) is 5.88 Å². The molecule has 49 heavy (non-hydrogen) atoms. The summed E-state index contributed by atoms with van der Waals surface area (Å²) in [7, 11) is 1.65. The van der Waals surface area contributed by atoms with Gasteiger partial charge in [-0.3, -0.25) is 9.58 Å². The molecule has 1 saturated heterocycles. The Balaban J connectivity index is 0.00000468. The SMILES string of the molecule is COCCOCCOc1nn([C@H]2CC[C@H](N3CCOCC3)CC2)cc1Nc1ncc(-c2ccc(Cl)c(OC(C)Cn3cnnn3)c2)cn1.Cl. The highest BCUT2D eigenvalue weighted by Crippen LogP contribution is 2.35. The molecule has 0 amide bonds. The third kappa shape index (κ3) is 10.2. The highest BCUT2D eigenvalue weighted by molar-refractivity contribution is 6.32. The molecule has 0 bridgehead atoms. The number of rotatable bonds is 16. The summed E-state index contributed by atoms with van der Waals surface area (Å²) in [4.78, 5) is 11.8. The van der Waals surface area contributed by atoms with Gasteiger partial charge in [-0.25, -0.2) is 14.6 Å². The van der Waals surface area contributed by atoms with E-state index < -0.39 is 0 Å². The Morgan fingerprint density at radius 2 is 1.76 bits per heavy atom. The number of aromatic nitrogens is 8. The van der Waals surface area contributed by atoms with Gasteiger partial charge >= 0.3 is 0 Å². The first-order chi connectivity index (χ1) is 23.6. The Hall–Kier alpha value is -3.60. The fourth-order valence-electron chi connectivity index (χ4n) is 6.04. The summed E-state index contributed by atoms with van der Waals surface area (Å²) < 4.78 is 32.0. The molecular weight excluding hydrogens is 675 g/mol. The molecule has 17 heteroatoms. The second-order valence-corrected chi connectivity index (χ2v) is 12.3. The lowest BCUT2D eigenvalue weighted by atomic mass is 9.90. The molecule has 1 aromatic carbocycles. The van der Waals surface area contributed by atoms with Crippen LogP contribution in [0.3, 0.4) is 0 Å². The van der Waals surface area contributed by atoms with Gasteiger partial charge in [-0.05, 0) is 60.7 Å². The Kier molecular flexibility index (Phi) is 13.8. The predicted molar refractivity (Wildman–Crippen MR) is 185 cm³/mol. The molecule has 4 aromatic rings. The third-order valence-corrected chi connectivity index (χ3v) is 8.84. The van der Waals surface area contributed by atoms with E-state index >= 15 is 0 Å². The largest absolute Gasteiger partial charge is 0.487 e. The summed E-state index contributed by atoms with van der Waals surface area (Å²) in [6.07, 6.45) is 11.2. The fourth-order valence-corrected chi connectivity index (χ4v) is 6.21. The molecule has 0 radical (unpaired) electrons. The van der Waals surface area contributed by atoms with Crippen molar-refractivity contribution in [1.82, 2.24) is 44.9 Å². The first kappa shape index (κ1) is 36.7. The quantitative estimate of drug-likeness (QED) is 0.163. The van der Waals surface area contributed by atoms with Gasteiger partial charge in [0.15, 0.2) is 0 Å². The zero-order valence-corrected chi connectivity index (χ0v) is 29.4. The number of anilines is 2. The van der Waals surface area contributed by atoms with E-state index in [0.29, 0.717) is 73.3 Å². The summed E-state index contributed by atoms with van der Waals surface area (Å²) in [5.74, 6) is 1.47. The van der Waals surface area contributed by atoms with Crippen LogP contribution in [0.25, 0.3) is 11.1 Å². The molecule has 1 N–H and O–H groups in total. The van der Waals surface area contributed by atoms with Gasteiger partial charge in [0, 0.05) is 44.2 Å². The summed E-state index contributed by atoms with van der Waals surface area (Å²) in [5.41, 5.74) is 2.38. The number of halogens is 2. The minimum atomic E-state index is -0.210. The van der Waals surface area contributed by atoms with E-state index in [1.807, 2.05) is 29.9 Å². The zero-order chi connectivity index (χ0) is 33.1. The van der Waals surface area contributed by atoms with E-state index in [2.05, 4.69) is 35.7 Å². The molecule has 2 fully saturated rings. The van der Waals surface area contributed by atoms with Crippen LogP contribution in [0, 0.1) is 0 Å². The van der Waals surface area contributed by atoms with Crippen LogP contribution in [0.5, 0.6) is 11.6 Å². The second kappa shape index (κ2) is 18.4. The number of hydrogen-bond acceptors (Lipinski definition) is 13. The lowest BCUT2D eigenvalue weighted by Crippen LogP contribution is -2.45. The Morgan fingerprint density at radius 1 is 1.00 bits per heavy atom. The molecule has 266 valence electrons. The lowest BCUT2D eigenvalue weighted by molar-refractivity contribution is 0.00501. The molecule has 2 aliphatic rings. The highest BCUT2D eigenvalue weighted by atomic mass is 35.5. The number of nitrogens with one attached hydrogen (secondary N) is 1. The van der Waals surface area contributed by atoms with Gasteiger partial charge < -0.3 is 29.0 Å². The van der Waals surface area contributed by atoms with Gasteiger partial charge in [-0.15, -0.1) is 22.6 Å². The molecule has 3 aromatic heterocycles. The van der Waals surface area contributed by atoms with Crippen LogP contribution in [0.4, 0.5) is 11.6 Å². The summed E-state index contributed by atoms with van der Waals surface area (Å²) in [6.45, 7) is 7.92. The number of hydrogen-bond donors (Lipinski definition) is 1. The molecule has 1 saturated carbocycles. The summed E-state index contributed by atoms with van der Waals surface area (Å²) in [5, 5.41) is 19.9. The second-order valence-electron chi connectivity index (χ2n) is 11.9. The van der Waals surface area contributed by atoms with Crippen molar-refractivity contribution in [1.29, 1.82) is 0 Å². The van der Waals surface area contributed by atoms with E-state index in [1.54, 1.807) is 36.6 Å². The molecule has 1 aliphatic carbocycles. The lowest BCUT2D eigenvalue weighted by Gasteiger charge is -2.38. The fraction of sp³-hybridized carbons (Fsp3) is 0.562. The first-order valence-electron chi connectivity index (χ1n) is 16.4. The number of tetrazole rings is 1. The molecule has 0 spiro atoms. The standard InChI is InChI=1S/C32H43ClN10O5.ClH/c1-23(20-42-22-36-39-40-42)48-30-17-24(3-8-28(30)33)25-18-34-32(35-19-25)37-29-21-43(38-31(29)47-16-15-46-14-13-44-2)27-6-4-26(5-7-27)41-9-11-45-12-10-41;/h3,8,17-19,21-23,26-27H,4-7,9-16,20H2,1-2H3,(H,34,35,37);1H/t23?,26-,27-;. The van der Waals surface area contributed by atoms with Crippen LogP contribution in [-0.4, -0.2) is 117 Å². The van der Waals surface area contributed by atoms with Crippen LogP contribution in [-0.2, 0) is 20.8 Å². The number of nitrogens with zero attached hydrogens (tertiary/aromatic N) is 9. The summed E-state index contributed by atoms with van der Waals surface area (Å²) >= 11 is 6.46. The van der Waals surface area contributed by atoms with Gasteiger partial charge in [-0.2, -0.15) is 0 Å². The normalized spacial score (nSPS) is 18.8. The van der Waals surface area contributed by atoms with E-state index in [1.165, 1.54) is 0 Å². The average molecular weight is 720 g/mol. The number of morpholine rings is 1. The summed E-state index contributed by atoms with van der Waals surface area (Å²) in [6, 6.07) is 6.48. The van der Waals surface area contributed by atoms with Crippen LogP contribution < -0.4 is 14.8 Å². The first-order valence-corrected chi connectivity index (χ1v) is 16.8. The van der Waals surface area contributed by atoms with Gasteiger partial charge in [0.05, 0.1) is 56.8 Å². The Labute approximate surface area is 297 Å². The van der Waals surface area contributed by atoms with Crippen molar-refractivity contribution in [2.45, 2.75) is 57.3 Å². The maximum atomic E-state index is 6.46. The van der Waals surface area contributed by atoms with Crippen molar-refractivity contribution in [2.75, 3.05) is 65.2 Å². The molecular formula is C32H44Cl2N10O5. The van der Waals surface area contributed by atoms with Crippen molar-refractivity contribution in [3.05, 3.63) is 48.1 Å². The predicted octanol–water partition coefficient (Wildman–Crippen LogP) is 4.47. The van der Waals surface area contributed by atoms with Crippen molar-refractivity contribution in [3.63, 3.8) is 0 Å². The molecule has 1 unspecified atom stereocenters. The number of benzene rings is 1. The van der Waals surface area contributed by atoms with E-state index in [4.69, 9.17) is 40.4 Å². The van der Waals surface area contributed by atoms with Crippen LogP contribution in [0.2, 0.25) is 5.02 Å². The van der Waals surface area contributed by atoms with Crippen LogP contribution in [0.1, 0.15) is 38.6 Å². The van der Waals surface area contributed by atoms with Crippen molar-refractivity contribution < 1.29 is 23.7 Å². The van der Waals surface area contributed by atoms with Gasteiger partial charge in [0.2, 0.25) is 5.95 Å². The van der Waals surface area contributed by atoms with Gasteiger partial charge in [0.1, 0.15) is 30.5 Å². The minimum Gasteiger partial charge on any atom is -0.487 e. The molecule has 1 atom stereocenters. The van der Waals surface area contributed by atoms with E-state index in [9.17, 15) is 0 Å². The maximum absolute atomic E-state index is 6.46. The maximum Gasteiger partial charge on any atom is 0.257 e. The van der Waals surface area contributed by atoms with Crippen molar-refractivity contribution >= 4 is 35.6 Å². The number of ether oxygens (including phenoxy) is 5. The van der Waals surface area contributed by atoms with E-state index in [0.717, 1.165) is 63.1 Å². The van der Waals surface area contributed by atoms with Crippen LogP contribution >= 0.6 is 24.0 Å². The molecule has 1 aliphatic heterocycles. The molecule has 6 rings (SSSR count). The van der Waals surface area contributed by atoms with Crippen molar-refractivity contribution in [2.24, 2.45) is 0 Å². The van der Waals surface area contributed by atoms with Crippen molar-refractivity contribution in [3.8, 4) is 22.8 Å². The third-order valence-electron chi connectivity index (χ3n) is 8.53. The minimum absolute atomic E-state index is 0. The average Bonchev–Trinajstić information content (AvgIpc) is 3.78. The topological polar surface area (TPSA) is 149 Å². The van der Waals surface area contributed by atoms with Gasteiger partial charge in [-0.1, -0.05) is 17.7 Å². The smallest absolute Gasteiger partial charge is 0.257 e.